The Labute approximate surface area is 119 Å². The van der Waals surface area contributed by atoms with Crippen LogP contribution in [-0.2, 0) is 10.0 Å². The van der Waals surface area contributed by atoms with Gasteiger partial charge in [0.25, 0.3) is 5.91 Å². The van der Waals surface area contributed by atoms with Crippen LogP contribution in [0.15, 0.2) is 16.7 Å². The number of carbonyl (C=O) groups excluding carboxylic acids is 1. The second kappa shape index (κ2) is 6.80. The number of nitrogens with zero attached hydrogens (tertiary/aromatic N) is 1. The molecule has 0 aliphatic heterocycles. The largest absolute Gasteiger partial charge is 0.351 e. The minimum absolute atomic E-state index is 0.0153. The SMILES string of the molecule is CNS(=O)(=O)CCNC(=O)c1cc(Br)cnc1NN. The molecule has 1 aromatic heterocycles. The third-order valence-corrected chi connectivity index (χ3v) is 4.00. The minimum Gasteiger partial charge on any atom is -0.351 e. The monoisotopic (exact) mass is 351 g/mol. The van der Waals surface area contributed by atoms with Gasteiger partial charge in [-0.2, -0.15) is 0 Å². The van der Waals surface area contributed by atoms with Gasteiger partial charge >= 0.3 is 0 Å². The Hall–Kier alpha value is -1.23. The lowest BCUT2D eigenvalue weighted by Crippen LogP contribution is -2.33. The Bertz CT molecular complexity index is 563. The fourth-order valence-electron chi connectivity index (χ4n) is 1.22. The fourth-order valence-corrected chi connectivity index (χ4v) is 2.13. The van der Waals surface area contributed by atoms with E-state index in [9.17, 15) is 13.2 Å². The highest BCUT2D eigenvalue weighted by Gasteiger charge is 2.14. The van der Waals surface area contributed by atoms with Crippen molar-refractivity contribution in [3.63, 3.8) is 0 Å². The van der Waals surface area contributed by atoms with Gasteiger partial charge in [0, 0.05) is 17.2 Å². The number of aromatic nitrogens is 1. The van der Waals surface area contributed by atoms with Crippen LogP contribution in [0.2, 0.25) is 0 Å². The van der Waals surface area contributed by atoms with Gasteiger partial charge in [-0.1, -0.05) is 0 Å². The summed E-state index contributed by atoms with van der Waals surface area (Å²) < 4.78 is 25.1. The Morgan fingerprint density at radius 3 is 2.79 bits per heavy atom. The molecule has 0 bridgehead atoms. The summed E-state index contributed by atoms with van der Waals surface area (Å²) in [5.74, 6) is 4.78. The molecule has 0 aliphatic carbocycles. The molecule has 0 atom stereocenters. The number of hydrazine groups is 1. The summed E-state index contributed by atoms with van der Waals surface area (Å²) in [6.45, 7) is -0.0153. The second-order valence-corrected chi connectivity index (χ2v) is 6.43. The maximum absolute atomic E-state index is 11.9. The number of nitrogens with one attached hydrogen (secondary N) is 3. The van der Waals surface area contributed by atoms with E-state index in [0.29, 0.717) is 4.47 Å². The number of nitrogen functional groups attached to an aromatic ring is 1. The van der Waals surface area contributed by atoms with Crippen LogP contribution >= 0.6 is 15.9 Å². The molecule has 0 aromatic carbocycles. The lowest BCUT2D eigenvalue weighted by Gasteiger charge is -2.09. The number of rotatable bonds is 6. The molecule has 1 amide bonds. The van der Waals surface area contributed by atoms with Crippen LogP contribution in [0.1, 0.15) is 10.4 Å². The first-order chi connectivity index (χ1) is 8.89. The average Bonchev–Trinajstić information content (AvgIpc) is 2.38. The normalized spacial score (nSPS) is 11.1. The van der Waals surface area contributed by atoms with Gasteiger partial charge in [-0.25, -0.2) is 24.0 Å². The molecule has 0 spiro atoms. The van der Waals surface area contributed by atoms with Crippen molar-refractivity contribution in [2.24, 2.45) is 5.84 Å². The third kappa shape index (κ3) is 4.74. The molecule has 0 saturated carbocycles. The second-order valence-electron chi connectivity index (χ2n) is 3.47. The highest BCUT2D eigenvalue weighted by Crippen LogP contribution is 2.16. The molecule has 1 rings (SSSR count). The lowest BCUT2D eigenvalue weighted by atomic mass is 10.2. The molecule has 5 N–H and O–H groups in total. The van der Waals surface area contributed by atoms with Crippen LogP contribution < -0.4 is 21.3 Å². The van der Waals surface area contributed by atoms with Crippen molar-refractivity contribution >= 4 is 37.7 Å². The molecule has 8 nitrogen and oxygen atoms in total. The van der Waals surface area contributed by atoms with Crippen molar-refractivity contribution in [1.29, 1.82) is 0 Å². The number of anilines is 1. The Morgan fingerprint density at radius 2 is 2.21 bits per heavy atom. The van der Waals surface area contributed by atoms with Crippen molar-refractivity contribution in [3.05, 3.63) is 22.3 Å². The fraction of sp³-hybridized carbons (Fsp3) is 0.333. The van der Waals surface area contributed by atoms with Gasteiger partial charge in [0.15, 0.2) is 5.82 Å². The lowest BCUT2D eigenvalue weighted by molar-refractivity contribution is 0.0956. The molecular formula is C9H14BrN5O3S. The number of hydrogen-bond acceptors (Lipinski definition) is 6. The maximum atomic E-state index is 11.9. The summed E-state index contributed by atoms with van der Waals surface area (Å²) in [4.78, 5) is 15.8. The van der Waals surface area contributed by atoms with Crippen molar-refractivity contribution in [3.8, 4) is 0 Å². The Morgan fingerprint density at radius 1 is 1.53 bits per heavy atom. The minimum atomic E-state index is -3.35. The Balaban J connectivity index is 2.71. The Kier molecular flexibility index (Phi) is 5.66. The number of amides is 1. The average molecular weight is 352 g/mol. The topological polar surface area (TPSA) is 126 Å². The molecule has 1 aromatic rings. The molecule has 19 heavy (non-hydrogen) atoms. The van der Waals surface area contributed by atoms with Gasteiger partial charge in [-0.15, -0.1) is 0 Å². The van der Waals surface area contributed by atoms with Crippen LogP contribution in [0, 0.1) is 0 Å². The van der Waals surface area contributed by atoms with Gasteiger partial charge in [0.05, 0.1) is 11.3 Å². The van der Waals surface area contributed by atoms with Crippen molar-refractivity contribution < 1.29 is 13.2 Å². The first-order valence-corrected chi connectivity index (χ1v) is 7.65. The number of pyridine rings is 1. The molecule has 0 radical (unpaired) electrons. The smallest absolute Gasteiger partial charge is 0.255 e. The first kappa shape index (κ1) is 15.8. The molecule has 10 heteroatoms. The first-order valence-electron chi connectivity index (χ1n) is 5.21. The number of hydrogen-bond donors (Lipinski definition) is 4. The summed E-state index contributed by atoms with van der Waals surface area (Å²) in [7, 11) is -2.04. The van der Waals surface area contributed by atoms with Gasteiger partial charge < -0.3 is 10.7 Å². The van der Waals surface area contributed by atoms with Crippen molar-refractivity contribution in [2.45, 2.75) is 0 Å². The zero-order valence-corrected chi connectivity index (χ0v) is 12.5. The van der Waals surface area contributed by atoms with E-state index in [0.717, 1.165) is 0 Å². The standard InChI is InChI=1S/C9H14BrN5O3S/c1-12-19(17,18)3-2-13-9(16)7-4-6(10)5-14-8(7)15-11/h4-5,12H,2-3,11H2,1H3,(H,13,16)(H,14,15). The van der Waals surface area contributed by atoms with Crippen LogP contribution in [0.3, 0.4) is 0 Å². The van der Waals surface area contributed by atoms with Crippen LogP contribution in [0.4, 0.5) is 5.82 Å². The molecule has 0 aliphatic rings. The van der Waals surface area contributed by atoms with E-state index in [-0.39, 0.29) is 23.7 Å². The van der Waals surface area contributed by atoms with E-state index < -0.39 is 15.9 Å². The van der Waals surface area contributed by atoms with E-state index >= 15 is 0 Å². The van der Waals surface area contributed by atoms with E-state index in [1.54, 1.807) is 0 Å². The molecule has 106 valence electrons. The highest BCUT2D eigenvalue weighted by atomic mass is 79.9. The van der Waals surface area contributed by atoms with Gasteiger partial charge in [0.2, 0.25) is 10.0 Å². The zero-order valence-electron chi connectivity index (χ0n) is 10.1. The van der Waals surface area contributed by atoms with E-state index in [4.69, 9.17) is 5.84 Å². The van der Waals surface area contributed by atoms with Gasteiger partial charge in [-0.3, -0.25) is 4.79 Å². The third-order valence-electron chi connectivity index (χ3n) is 2.20. The van der Waals surface area contributed by atoms with Crippen LogP contribution in [-0.4, -0.2) is 38.7 Å². The summed E-state index contributed by atoms with van der Waals surface area (Å²) in [6.07, 6.45) is 1.48. The number of carbonyl (C=O) groups is 1. The molecule has 1 heterocycles. The highest BCUT2D eigenvalue weighted by molar-refractivity contribution is 9.10. The number of sulfonamides is 1. The summed E-state index contributed by atoms with van der Waals surface area (Å²) in [5.41, 5.74) is 2.52. The van der Waals surface area contributed by atoms with E-state index in [1.807, 2.05) is 0 Å². The summed E-state index contributed by atoms with van der Waals surface area (Å²) >= 11 is 3.19. The van der Waals surface area contributed by atoms with E-state index in [1.165, 1.54) is 19.3 Å². The molecular weight excluding hydrogens is 338 g/mol. The number of nitrogens with two attached hydrogens (primary N) is 1. The molecule has 0 saturated heterocycles. The number of halogens is 1. The summed E-state index contributed by atoms with van der Waals surface area (Å²) in [5, 5.41) is 2.48. The van der Waals surface area contributed by atoms with E-state index in [2.05, 4.69) is 36.4 Å². The van der Waals surface area contributed by atoms with Crippen molar-refractivity contribution in [1.82, 2.24) is 15.0 Å². The molecule has 0 fully saturated rings. The summed E-state index contributed by atoms with van der Waals surface area (Å²) in [6, 6.07) is 1.53. The van der Waals surface area contributed by atoms with Crippen LogP contribution in [0.25, 0.3) is 0 Å². The predicted molar refractivity (Wildman–Crippen MR) is 74.9 cm³/mol. The van der Waals surface area contributed by atoms with Gasteiger partial charge in [-0.05, 0) is 29.0 Å². The zero-order chi connectivity index (χ0) is 14.5. The predicted octanol–water partition coefficient (Wildman–Crippen LogP) is -0.591. The van der Waals surface area contributed by atoms with Crippen molar-refractivity contribution in [2.75, 3.05) is 24.8 Å². The van der Waals surface area contributed by atoms with Crippen LogP contribution in [0.5, 0.6) is 0 Å². The maximum Gasteiger partial charge on any atom is 0.255 e. The quantitative estimate of drug-likeness (QED) is 0.400. The molecule has 0 unspecified atom stereocenters. The van der Waals surface area contributed by atoms with Gasteiger partial charge in [0.1, 0.15) is 0 Å².